The number of rotatable bonds is 3. The summed E-state index contributed by atoms with van der Waals surface area (Å²) < 4.78 is 62.8. The topological polar surface area (TPSA) is 102 Å². The Balaban J connectivity index is 1.53. The summed E-state index contributed by atoms with van der Waals surface area (Å²) in [6, 6.07) is 0.476. The molecule has 13 heteroatoms. The number of halogens is 4. The smallest absolute Gasteiger partial charge is 0.417 e. The standard InChI is InChI=1S/C22H23F4N7O2/c1-11-6-13-4-5-21(9-11,19-30-29-12(2)35-19)33(13)20(34)28-17-7-14(18-27-10-32(3)31-18)15(8-16(17)23)22(24,25)26/h7-8,10-11,13H,4-6,9H2,1-3H3,(H,28,34)/t11-,13-,21+/m0/s1. The average Bonchev–Trinajstić information content (AvgIpc) is 3.46. The zero-order valence-electron chi connectivity index (χ0n) is 19.2. The Morgan fingerprint density at radius 1 is 1.29 bits per heavy atom. The van der Waals surface area contributed by atoms with Gasteiger partial charge in [-0.25, -0.2) is 14.2 Å². The molecule has 3 aromatic rings. The number of carbonyl (C=O) groups is 1. The summed E-state index contributed by atoms with van der Waals surface area (Å²) in [5.41, 5.74) is -2.93. The van der Waals surface area contributed by atoms with Gasteiger partial charge < -0.3 is 14.6 Å². The highest BCUT2D eigenvalue weighted by atomic mass is 19.4. The van der Waals surface area contributed by atoms with E-state index in [1.807, 2.05) is 0 Å². The van der Waals surface area contributed by atoms with E-state index < -0.39 is 40.4 Å². The van der Waals surface area contributed by atoms with Crippen LogP contribution >= 0.6 is 0 Å². The van der Waals surface area contributed by atoms with Gasteiger partial charge in [0.1, 0.15) is 17.7 Å². The number of benzene rings is 1. The van der Waals surface area contributed by atoms with Gasteiger partial charge in [0, 0.05) is 25.6 Å². The molecule has 2 amide bonds. The number of hydrogen-bond donors (Lipinski definition) is 1. The largest absolute Gasteiger partial charge is 0.423 e. The van der Waals surface area contributed by atoms with Gasteiger partial charge >= 0.3 is 12.2 Å². The first-order valence-electron chi connectivity index (χ1n) is 11.2. The number of amides is 2. The van der Waals surface area contributed by atoms with Gasteiger partial charge in [0.05, 0.1) is 11.3 Å². The molecule has 1 aromatic carbocycles. The predicted molar refractivity (Wildman–Crippen MR) is 114 cm³/mol. The number of hydrogen-bond acceptors (Lipinski definition) is 6. The number of anilines is 1. The zero-order chi connectivity index (χ0) is 25.1. The minimum atomic E-state index is -4.85. The van der Waals surface area contributed by atoms with Crippen LogP contribution in [0.1, 0.15) is 50.0 Å². The Morgan fingerprint density at radius 2 is 2.06 bits per heavy atom. The molecule has 2 aliphatic heterocycles. The normalized spacial score (nSPS) is 24.1. The van der Waals surface area contributed by atoms with Crippen LogP contribution in [0.15, 0.2) is 22.9 Å². The van der Waals surface area contributed by atoms with E-state index in [0.29, 0.717) is 37.1 Å². The number of nitrogens with zero attached hydrogens (tertiary/aromatic N) is 6. The highest BCUT2D eigenvalue weighted by Crippen LogP contribution is 2.52. The zero-order valence-corrected chi connectivity index (χ0v) is 19.2. The maximum atomic E-state index is 14.9. The van der Waals surface area contributed by atoms with Crippen molar-refractivity contribution in [1.82, 2.24) is 29.9 Å². The minimum Gasteiger partial charge on any atom is -0.423 e. The molecule has 9 nitrogen and oxygen atoms in total. The van der Waals surface area contributed by atoms with Gasteiger partial charge in [-0.1, -0.05) is 6.92 Å². The van der Waals surface area contributed by atoms with Crippen molar-refractivity contribution in [3.8, 4) is 11.4 Å². The summed E-state index contributed by atoms with van der Waals surface area (Å²) in [5, 5.41) is 14.5. The highest BCUT2D eigenvalue weighted by molar-refractivity contribution is 5.91. The van der Waals surface area contributed by atoms with Crippen molar-refractivity contribution in [2.75, 3.05) is 5.32 Å². The summed E-state index contributed by atoms with van der Waals surface area (Å²) in [7, 11) is 1.50. The van der Waals surface area contributed by atoms with Gasteiger partial charge in [0.2, 0.25) is 11.8 Å². The molecule has 3 atom stereocenters. The van der Waals surface area contributed by atoms with Crippen LogP contribution in [0, 0.1) is 18.7 Å². The molecule has 0 saturated carbocycles. The fourth-order valence-corrected chi connectivity index (χ4v) is 5.42. The third-order valence-electron chi connectivity index (χ3n) is 6.72. The molecular weight excluding hydrogens is 470 g/mol. The maximum Gasteiger partial charge on any atom is 0.417 e. The van der Waals surface area contributed by atoms with Crippen molar-refractivity contribution in [2.45, 2.75) is 57.3 Å². The van der Waals surface area contributed by atoms with Crippen LogP contribution in [0.3, 0.4) is 0 Å². The first-order chi connectivity index (χ1) is 16.5. The lowest BCUT2D eigenvalue weighted by atomic mass is 9.82. The van der Waals surface area contributed by atoms with Crippen LogP contribution in [0.4, 0.5) is 28.0 Å². The molecule has 2 aliphatic rings. The molecule has 186 valence electrons. The predicted octanol–water partition coefficient (Wildman–Crippen LogP) is 4.65. The van der Waals surface area contributed by atoms with Crippen molar-refractivity contribution in [3.05, 3.63) is 41.6 Å². The van der Waals surface area contributed by atoms with E-state index >= 15 is 0 Å². The monoisotopic (exact) mass is 493 g/mol. The summed E-state index contributed by atoms with van der Waals surface area (Å²) in [6.45, 7) is 3.73. The lowest BCUT2D eigenvalue weighted by Crippen LogP contribution is -2.54. The van der Waals surface area contributed by atoms with E-state index in [2.05, 4.69) is 32.5 Å². The Bertz CT molecular complexity index is 1290. The van der Waals surface area contributed by atoms with Crippen LogP contribution in [0.5, 0.6) is 0 Å². The van der Waals surface area contributed by atoms with Crippen molar-refractivity contribution in [1.29, 1.82) is 0 Å². The third kappa shape index (κ3) is 3.92. The van der Waals surface area contributed by atoms with Crippen molar-refractivity contribution < 1.29 is 26.8 Å². The van der Waals surface area contributed by atoms with Crippen molar-refractivity contribution in [3.63, 3.8) is 0 Å². The first kappa shape index (κ1) is 23.2. The Morgan fingerprint density at radius 3 is 2.69 bits per heavy atom. The molecule has 0 radical (unpaired) electrons. The molecular formula is C22H23F4N7O2. The van der Waals surface area contributed by atoms with Gasteiger partial charge in [-0.05, 0) is 43.7 Å². The summed E-state index contributed by atoms with van der Waals surface area (Å²) in [4.78, 5) is 19.0. The number of fused-ring (bicyclic) bond motifs is 2. The molecule has 0 unspecified atom stereocenters. The number of nitrogens with one attached hydrogen (secondary N) is 1. The third-order valence-corrected chi connectivity index (χ3v) is 6.72. The molecule has 2 aromatic heterocycles. The average molecular weight is 493 g/mol. The van der Waals surface area contributed by atoms with E-state index in [4.69, 9.17) is 4.42 Å². The van der Waals surface area contributed by atoms with E-state index in [9.17, 15) is 22.4 Å². The number of piperidine rings is 1. The number of alkyl halides is 3. The Labute approximate surface area is 197 Å². The van der Waals surface area contributed by atoms with Crippen molar-refractivity contribution in [2.24, 2.45) is 13.0 Å². The molecule has 1 N–H and O–H groups in total. The van der Waals surface area contributed by atoms with E-state index in [0.717, 1.165) is 12.5 Å². The molecule has 0 spiro atoms. The molecule has 0 aliphatic carbocycles. The molecule has 2 bridgehead atoms. The second-order valence-corrected chi connectivity index (χ2v) is 9.31. The minimum absolute atomic E-state index is 0.152. The van der Waals surface area contributed by atoms with Crippen LogP contribution in [-0.4, -0.2) is 41.9 Å². The molecule has 35 heavy (non-hydrogen) atoms. The first-order valence-corrected chi connectivity index (χ1v) is 11.2. The van der Waals surface area contributed by atoms with Gasteiger partial charge in [-0.15, -0.1) is 10.2 Å². The molecule has 2 fully saturated rings. The van der Waals surface area contributed by atoms with Gasteiger partial charge in [0.25, 0.3) is 0 Å². The highest BCUT2D eigenvalue weighted by Gasteiger charge is 2.57. The van der Waals surface area contributed by atoms with Crippen molar-refractivity contribution >= 4 is 11.7 Å². The lowest BCUT2D eigenvalue weighted by molar-refractivity contribution is -0.137. The maximum absolute atomic E-state index is 14.9. The number of aryl methyl sites for hydroxylation is 2. The fraction of sp³-hybridized carbons (Fsp3) is 0.500. The molecule has 5 rings (SSSR count). The van der Waals surface area contributed by atoms with Crippen LogP contribution in [0.25, 0.3) is 11.4 Å². The number of aromatic nitrogens is 5. The summed E-state index contributed by atoms with van der Waals surface area (Å²) >= 11 is 0. The van der Waals surface area contributed by atoms with Gasteiger partial charge in [0.15, 0.2) is 5.82 Å². The SMILES string of the molecule is Cc1nnc([C@@]23CC[C@@H](C[C@H](C)C2)N3C(=O)Nc2cc(-c3ncn(C)n3)c(C(F)(F)F)cc2F)o1. The van der Waals surface area contributed by atoms with E-state index in [1.165, 1.54) is 18.1 Å². The van der Waals surface area contributed by atoms with Crippen LogP contribution < -0.4 is 5.32 Å². The van der Waals surface area contributed by atoms with Gasteiger partial charge in [-0.3, -0.25) is 4.68 Å². The van der Waals surface area contributed by atoms with Crippen LogP contribution in [0.2, 0.25) is 0 Å². The number of carbonyl (C=O) groups excluding carboxylic acids is 1. The van der Waals surface area contributed by atoms with Crippen LogP contribution in [-0.2, 0) is 18.8 Å². The molecule has 2 saturated heterocycles. The Hall–Kier alpha value is -3.51. The Kier molecular flexibility index (Phi) is 5.33. The second kappa shape index (κ2) is 8.02. The summed E-state index contributed by atoms with van der Waals surface area (Å²) in [6.07, 6.45) is -1.01. The second-order valence-electron chi connectivity index (χ2n) is 9.31. The van der Waals surface area contributed by atoms with Gasteiger partial charge in [-0.2, -0.15) is 18.3 Å². The molecule has 4 heterocycles. The lowest BCUT2D eigenvalue weighted by Gasteiger charge is -2.44. The number of urea groups is 1. The summed E-state index contributed by atoms with van der Waals surface area (Å²) in [5.74, 6) is -0.502. The quantitative estimate of drug-likeness (QED) is 0.533. The van der Waals surface area contributed by atoms with E-state index in [-0.39, 0.29) is 17.8 Å². The van der Waals surface area contributed by atoms with E-state index in [1.54, 1.807) is 11.8 Å². The fourth-order valence-electron chi connectivity index (χ4n) is 5.42.